The van der Waals surface area contributed by atoms with Crippen LogP contribution in [0, 0.1) is 0 Å². The Bertz CT molecular complexity index is 397. The molecule has 0 aliphatic rings. The highest BCUT2D eigenvalue weighted by molar-refractivity contribution is 9.10. The van der Waals surface area contributed by atoms with Gasteiger partial charge in [-0.1, -0.05) is 15.9 Å². The summed E-state index contributed by atoms with van der Waals surface area (Å²) in [6.45, 7) is 0.425. The highest BCUT2D eigenvalue weighted by Gasteiger charge is 2.11. The Morgan fingerprint density at radius 3 is 2.88 bits per heavy atom. The van der Waals surface area contributed by atoms with Gasteiger partial charge >= 0.3 is 5.97 Å². The van der Waals surface area contributed by atoms with E-state index in [9.17, 15) is 9.90 Å². The molecule has 3 N–H and O–H groups in total. The molecular formula is C11H14BrNO4. The van der Waals surface area contributed by atoms with Crippen LogP contribution in [0.1, 0.15) is 10.4 Å². The van der Waals surface area contributed by atoms with Gasteiger partial charge in [0.1, 0.15) is 0 Å². The van der Waals surface area contributed by atoms with Crippen molar-refractivity contribution in [3.8, 4) is 0 Å². The van der Waals surface area contributed by atoms with E-state index in [1.54, 1.807) is 12.1 Å². The highest BCUT2D eigenvalue weighted by Crippen LogP contribution is 2.21. The Kier molecular flexibility index (Phi) is 5.40. The zero-order chi connectivity index (χ0) is 12.8. The quantitative estimate of drug-likeness (QED) is 0.743. The predicted octanol–water partition coefficient (Wildman–Crippen LogP) is 1.57. The standard InChI is InChI=1S/C11H14BrNO4/c1-17-6-8(14)5-13-10-4-7(12)2-3-9(10)11(15)16/h2-4,8,13-14H,5-6H2,1H3,(H,15,16). The Balaban J connectivity index is 2.75. The summed E-state index contributed by atoms with van der Waals surface area (Å²) in [5, 5.41) is 21.3. The van der Waals surface area contributed by atoms with E-state index in [4.69, 9.17) is 9.84 Å². The first-order valence-electron chi connectivity index (χ1n) is 4.98. The number of carboxylic acid groups (broad SMARTS) is 1. The van der Waals surface area contributed by atoms with Crippen LogP contribution in [0.5, 0.6) is 0 Å². The van der Waals surface area contributed by atoms with E-state index in [1.807, 2.05) is 0 Å². The smallest absolute Gasteiger partial charge is 0.337 e. The molecule has 0 aromatic heterocycles. The third kappa shape index (κ3) is 4.33. The number of anilines is 1. The minimum atomic E-state index is -1.01. The molecule has 0 aliphatic carbocycles. The summed E-state index contributed by atoms with van der Waals surface area (Å²) < 4.78 is 5.55. The van der Waals surface area contributed by atoms with Crippen LogP contribution in [0.2, 0.25) is 0 Å². The largest absolute Gasteiger partial charge is 0.478 e. The number of aliphatic hydroxyl groups is 1. The van der Waals surface area contributed by atoms with Crippen LogP contribution >= 0.6 is 15.9 Å². The minimum Gasteiger partial charge on any atom is -0.478 e. The number of aliphatic hydroxyl groups excluding tert-OH is 1. The number of nitrogens with one attached hydrogen (secondary N) is 1. The van der Waals surface area contributed by atoms with Gasteiger partial charge in [-0.05, 0) is 18.2 Å². The van der Waals surface area contributed by atoms with Crippen molar-refractivity contribution in [1.29, 1.82) is 0 Å². The van der Waals surface area contributed by atoms with E-state index in [-0.39, 0.29) is 18.7 Å². The second-order valence-electron chi connectivity index (χ2n) is 3.49. The minimum absolute atomic E-state index is 0.165. The van der Waals surface area contributed by atoms with Crippen LogP contribution in [-0.4, -0.2) is 42.5 Å². The molecule has 1 aromatic rings. The summed E-state index contributed by atoms with van der Waals surface area (Å²) in [5.41, 5.74) is 0.625. The number of methoxy groups -OCH3 is 1. The molecule has 0 saturated heterocycles. The van der Waals surface area contributed by atoms with E-state index >= 15 is 0 Å². The second kappa shape index (κ2) is 6.58. The molecule has 0 aliphatic heterocycles. The number of carboxylic acids is 1. The molecular weight excluding hydrogens is 290 g/mol. The molecule has 1 rings (SSSR count). The molecule has 17 heavy (non-hydrogen) atoms. The average molecular weight is 304 g/mol. The number of aromatic carboxylic acids is 1. The van der Waals surface area contributed by atoms with E-state index in [0.717, 1.165) is 4.47 Å². The Morgan fingerprint density at radius 2 is 2.29 bits per heavy atom. The molecule has 5 nitrogen and oxygen atoms in total. The van der Waals surface area contributed by atoms with Crippen LogP contribution in [-0.2, 0) is 4.74 Å². The van der Waals surface area contributed by atoms with E-state index in [1.165, 1.54) is 13.2 Å². The van der Waals surface area contributed by atoms with Crippen molar-refractivity contribution in [2.75, 3.05) is 25.6 Å². The Labute approximate surface area is 108 Å². The van der Waals surface area contributed by atoms with Crippen molar-refractivity contribution in [1.82, 2.24) is 0 Å². The average Bonchev–Trinajstić information content (AvgIpc) is 2.26. The third-order valence-electron chi connectivity index (χ3n) is 2.10. The number of ether oxygens (including phenoxy) is 1. The molecule has 0 fully saturated rings. The number of rotatable bonds is 6. The van der Waals surface area contributed by atoms with Crippen LogP contribution < -0.4 is 5.32 Å². The van der Waals surface area contributed by atoms with Crippen LogP contribution in [0.3, 0.4) is 0 Å². The topological polar surface area (TPSA) is 78.8 Å². The molecule has 0 bridgehead atoms. The maximum atomic E-state index is 11.0. The fourth-order valence-electron chi connectivity index (χ4n) is 1.33. The summed E-state index contributed by atoms with van der Waals surface area (Å²) in [5.74, 6) is -1.01. The van der Waals surface area contributed by atoms with Gasteiger partial charge in [0.25, 0.3) is 0 Å². The summed E-state index contributed by atoms with van der Waals surface area (Å²) in [6, 6.07) is 4.81. The zero-order valence-electron chi connectivity index (χ0n) is 9.31. The van der Waals surface area contributed by atoms with Crippen LogP contribution in [0.4, 0.5) is 5.69 Å². The number of hydrogen-bond acceptors (Lipinski definition) is 4. The van der Waals surface area contributed by atoms with Crippen LogP contribution in [0.25, 0.3) is 0 Å². The molecule has 1 unspecified atom stereocenters. The fraction of sp³-hybridized carbons (Fsp3) is 0.364. The number of benzene rings is 1. The third-order valence-corrected chi connectivity index (χ3v) is 2.59. The molecule has 0 radical (unpaired) electrons. The van der Waals surface area contributed by atoms with Crippen molar-refractivity contribution >= 4 is 27.6 Å². The molecule has 0 spiro atoms. The van der Waals surface area contributed by atoms with Gasteiger partial charge in [0.15, 0.2) is 0 Å². The van der Waals surface area contributed by atoms with Gasteiger partial charge in [-0.15, -0.1) is 0 Å². The van der Waals surface area contributed by atoms with Gasteiger partial charge in [-0.2, -0.15) is 0 Å². The van der Waals surface area contributed by atoms with Gasteiger partial charge in [-0.3, -0.25) is 0 Å². The first kappa shape index (κ1) is 14.0. The lowest BCUT2D eigenvalue weighted by atomic mass is 10.1. The zero-order valence-corrected chi connectivity index (χ0v) is 10.9. The summed E-state index contributed by atoms with van der Waals surface area (Å²) >= 11 is 3.26. The van der Waals surface area contributed by atoms with Gasteiger partial charge in [-0.25, -0.2) is 4.79 Å². The second-order valence-corrected chi connectivity index (χ2v) is 4.40. The molecule has 0 saturated carbocycles. The molecule has 6 heteroatoms. The molecule has 0 heterocycles. The van der Waals surface area contributed by atoms with Crippen LogP contribution in [0.15, 0.2) is 22.7 Å². The highest BCUT2D eigenvalue weighted by atomic mass is 79.9. The SMILES string of the molecule is COCC(O)CNc1cc(Br)ccc1C(=O)O. The van der Waals surface area contributed by atoms with Crippen molar-refractivity contribution in [3.63, 3.8) is 0 Å². The lowest BCUT2D eigenvalue weighted by Gasteiger charge is -2.13. The van der Waals surface area contributed by atoms with Crippen molar-refractivity contribution in [2.45, 2.75) is 6.10 Å². The Hall–Kier alpha value is -1.11. The lowest BCUT2D eigenvalue weighted by Crippen LogP contribution is -2.24. The molecule has 1 aromatic carbocycles. The monoisotopic (exact) mass is 303 g/mol. The summed E-state index contributed by atoms with van der Waals surface area (Å²) in [6.07, 6.45) is -0.680. The molecule has 0 amide bonds. The van der Waals surface area contributed by atoms with Crippen molar-refractivity contribution in [3.05, 3.63) is 28.2 Å². The number of carbonyl (C=O) groups is 1. The Morgan fingerprint density at radius 1 is 1.59 bits per heavy atom. The number of halogens is 1. The fourth-order valence-corrected chi connectivity index (χ4v) is 1.69. The summed E-state index contributed by atoms with van der Waals surface area (Å²) in [4.78, 5) is 11.0. The maximum absolute atomic E-state index is 11.0. The van der Waals surface area contributed by atoms with Gasteiger partial charge in [0, 0.05) is 23.8 Å². The maximum Gasteiger partial charge on any atom is 0.337 e. The first-order chi connectivity index (χ1) is 8.04. The summed E-state index contributed by atoms with van der Waals surface area (Å²) in [7, 11) is 1.49. The number of hydrogen-bond donors (Lipinski definition) is 3. The predicted molar refractivity (Wildman–Crippen MR) is 67.5 cm³/mol. The molecule has 94 valence electrons. The van der Waals surface area contributed by atoms with Gasteiger partial charge in [0.05, 0.1) is 18.3 Å². The normalized spacial score (nSPS) is 12.2. The van der Waals surface area contributed by atoms with E-state index < -0.39 is 12.1 Å². The first-order valence-corrected chi connectivity index (χ1v) is 5.77. The van der Waals surface area contributed by atoms with Gasteiger partial charge < -0.3 is 20.3 Å². The van der Waals surface area contributed by atoms with E-state index in [2.05, 4.69) is 21.2 Å². The van der Waals surface area contributed by atoms with Crippen molar-refractivity contribution in [2.24, 2.45) is 0 Å². The van der Waals surface area contributed by atoms with Crippen molar-refractivity contribution < 1.29 is 19.7 Å². The van der Waals surface area contributed by atoms with E-state index in [0.29, 0.717) is 5.69 Å². The van der Waals surface area contributed by atoms with Gasteiger partial charge in [0.2, 0.25) is 0 Å². The lowest BCUT2D eigenvalue weighted by molar-refractivity contribution is 0.0693. The molecule has 1 atom stereocenters.